The molecule has 1 aromatic rings. The molecule has 0 radical (unpaired) electrons. The number of carbonyl (C=O) groups is 1. The van der Waals surface area contributed by atoms with Crippen LogP contribution in [-0.4, -0.2) is 31.2 Å². The van der Waals surface area contributed by atoms with Gasteiger partial charge in [-0.25, -0.2) is 4.79 Å². The number of ether oxygens (including phenoxy) is 2. The van der Waals surface area contributed by atoms with Crippen molar-refractivity contribution in [1.29, 1.82) is 0 Å². The van der Waals surface area contributed by atoms with E-state index in [4.69, 9.17) is 9.47 Å². The molecule has 0 bridgehead atoms. The molecule has 0 heterocycles. The summed E-state index contributed by atoms with van der Waals surface area (Å²) in [5, 5.41) is 10.5. The summed E-state index contributed by atoms with van der Waals surface area (Å²) < 4.78 is 9.52. The maximum absolute atomic E-state index is 11.4. The first-order valence-electron chi connectivity index (χ1n) is 4.55. The Balaban J connectivity index is 2.68. The van der Waals surface area contributed by atoms with Gasteiger partial charge in [0.25, 0.3) is 5.69 Å². The number of esters is 1. The summed E-state index contributed by atoms with van der Waals surface area (Å²) in [4.78, 5) is 21.3. The summed E-state index contributed by atoms with van der Waals surface area (Å²) in [6.07, 6.45) is 0. The second-order valence-corrected chi connectivity index (χ2v) is 2.94. The molecule has 0 atom stereocenters. The van der Waals surface area contributed by atoms with Crippen LogP contribution in [0, 0.1) is 10.1 Å². The Morgan fingerprint density at radius 2 is 2.19 bits per heavy atom. The van der Waals surface area contributed by atoms with Crippen molar-refractivity contribution in [2.24, 2.45) is 0 Å². The van der Waals surface area contributed by atoms with Crippen LogP contribution in [-0.2, 0) is 9.47 Å². The number of rotatable bonds is 5. The zero-order chi connectivity index (χ0) is 12.0. The second kappa shape index (κ2) is 5.82. The van der Waals surface area contributed by atoms with Gasteiger partial charge < -0.3 is 9.47 Å². The predicted molar refractivity (Wildman–Crippen MR) is 55.3 cm³/mol. The minimum Gasteiger partial charge on any atom is -0.460 e. The molecule has 0 aliphatic rings. The monoisotopic (exact) mass is 225 g/mol. The van der Waals surface area contributed by atoms with E-state index in [1.807, 2.05) is 0 Å². The number of carbonyl (C=O) groups excluding carboxylic acids is 1. The average Bonchev–Trinajstić information content (AvgIpc) is 2.29. The van der Waals surface area contributed by atoms with Gasteiger partial charge in [-0.2, -0.15) is 0 Å². The van der Waals surface area contributed by atoms with Crippen LogP contribution in [0.1, 0.15) is 10.4 Å². The van der Waals surface area contributed by atoms with Crippen LogP contribution < -0.4 is 0 Å². The van der Waals surface area contributed by atoms with Gasteiger partial charge in [-0.1, -0.05) is 6.07 Å². The first-order valence-corrected chi connectivity index (χ1v) is 4.55. The summed E-state index contributed by atoms with van der Waals surface area (Å²) in [6.45, 7) is 0.415. The van der Waals surface area contributed by atoms with Crippen molar-refractivity contribution in [2.45, 2.75) is 0 Å². The normalized spacial score (nSPS) is 9.81. The highest BCUT2D eigenvalue weighted by Gasteiger charge is 2.12. The van der Waals surface area contributed by atoms with E-state index in [1.165, 1.54) is 31.4 Å². The van der Waals surface area contributed by atoms with E-state index in [0.717, 1.165) is 0 Å². The lowest BCUT2D eigenvalue weighted by Gasteiger charge is -2.03. The van der Waals surface area contributed by atoms with Crippen LogP contribution in [0.15, 0.2) is 24.3 Å². The third-order valence-corrected chi connectivity index (χ3v) is 1.81. The third-order valence-electron chi connectivity index (χ3n) is 1.81. The largest absolute Gasteiger partial charge is 0.460 e. The van der Waals surface area contributed by atoms with Gasteiger partial charge in [0.05, 0.1) is 17.1 Å². The molecule has 1 aromatic carbocycles. The number of nitrogens with zero attached hydrogens (tertiary/aromatic N) is 1. The Morgan fingerprint density at radius 3 is 2.81 bits per heavy atom. The zero-order valence-electron chi connectivity index (χ0n) is 8.71. The molecule has 16 heavy (non-hydrogen) atoms. The van der Waals surface area contributed by atoms with Gasteiger partial charge >= 0.3 is 5.97 Å². The molecule has 0 spiro atoms. The lowest BCUT2D eigenvalue weighted by molar-refractivity contribution is -0.384. The predicted octanol–water partition coefficient (Wildman–Crippen LogP) is 1.40. The Kier molecular flexibility index (Phi) is 4.41. The molecule has 0 amide bonds. The Hall–Kier alpha value is -1.95. The number of nitro benzene ring substituents is 1. The number of benzene rings is 1. The van der Waals surface area contributed by atoms with Crippen molar-refractivity contribution >= 4 is 11.7 Å². The second-order valence-electron chi connectivity index (χ2n) is 2.94. The van der Waals surface area contributed by atoms with E-state index in [9.17, 15) is 14.9 Å². The zero-order valence-corrected chi connectivity index (χ0v) is 8.71. The maximum atomic E-state index is 11.4. The first kappa shape index (κ1) is 12.1. The average molecular weight is 225 g/mol. The van der Waals surface area contributed by atoms with Gasteiger partial charge in [-0.15, -0.1) is 0 Å². The van der Waals surface area contributed by atoms with E-state index in [-0.39, 0.29) is 17.9 Å². The summed E-state index contributed by atoms with van der Waals surface area (Å²) in [6, 6.07) is 5.38. The molecule has 0 fully saturated rings. The third kappa shape index (κ3) is 3.32. The molecule has 0 N–H and O–H groups in total. The van der Waals surface area contributed by atoms with Gasteiger partial charge in [-0.05, 0) is 6.07 Å². The lowest BCUT2D eigenvalue weighted by Crippen LogP contribution is -2.10. The first-order chi connectivity index (χ1) is 7.65. The minimum absolute atomic E-state index is 0.123. The van der Waals surface area contributed by atoms with Crippen LogP contribution in [0.4, 0.5) is 5.69 Å². The standard InChI is InChI=1S/C10H11NO5/c1-15-5-6-16-10(12)8-3-2-4-9(7-8)11(13)14/h2-4,7H,5-6H2,1H3. The van der Waals surface area contributed by atoms with Crippen LogP contribution >= 0.6 is 0 Å². The highest BCUT2D eigenvalue weighted by molar-refractivity contribution is 5.90. The fraction of sp³-hybridized carbons (Fsp3) is 0.300. The van der Waals surface area contributed by atoms with Gasteiger partial charge in [0.1, 0.15) is 6.61 Å². The molecule has 86 valence electrons. The van der Waals surface area contributed by atoms with Gasteiger partial charge in [0, 0.05) is 19.2 Å². The fourth-order valence-corrected chi connectivity index (χ4v) is 1.05. The summed E-state index contributed by atoms with van der Waals surface area (Å²) in [7, 11) is 1.49. The summed E-state index contributed by atoms with van der Waals surface area (Å²) in [5.41, 5.74) is 0.0199. The molecule has 0 aromatic heterocycles. The molecule has 0 aliphatic heterocycles. The SMILES string of the molecule is COCCOC(=O)c1cccc([N+](=O)[O-])c1. The van der Waals surface area contributed by atoms with E-state index in [0.29, 0.717) is 6.61 Å². The Morgan fingerprint density at radius 1 is 1.44 bits per heavy atom. The van der Waals surface area contributed by atoms with E-state index < -0.39 is 10.9 Å². The van der Waals surface area contributed by atoms with Crippen LogP contribution in [0.25, 0.3) is 0 Å². The molecule has 1 rings (SSSR count). The van der Waals surface area contributed by atoms with E-state index in [1.54, 1.807) is 0 Å². The quantitative estimate of drug-likeness (QED) is 0.327. The molecule has 0 unspecified atom stereocenters. The molecular weight excluding hydrogens is 214 g/mol. The van der Waals surface area contributed by atoms with Gasteiger partial charge in [0.15, 0.2) is 0 Å². The number of hydrogen-bond acceptors (Lipinski definition) is 5. The van der Waals surface area contributed by atoms with Crippen molar-refractivity contribution < 1.29 is 19.2 Å². The number of methoxy groups -OCH3 is 1. The molecule has 6 heteroatoms. The maximum Gasteiger partial charge on any atom is 0.338 e. The van der Waals surface area contributed by atoms with Crippen molar-refractivity contribution in [2.75, 3.05) is 20.3 Å². The Bertz CT molecular complexity index is 391. The number of hydrogen-bond donors (Lipinski definition) is 0. The van der Waals surface area contributed by atoms with Crippen LogP contribution in [0.3, 0.4) is 0 Å². The number of nitro groups is 1. The van der Waals surface area contributed by atoms with Gasteiger partial charge in [-0.3, -0.25) is 10.1 Å². The lowest BCUT2D eigenvalue weighted by atomic mass is 10.2. The number of non-ortho nitro benzene ring substituents is 1. The highest BCUT2D eigenvalue weighted by Crippen LogP contribution is 2.13. The molecular formula is C10H11NO5. The van der Waals surface area contributed by atoms with Crippen molar-refractivity contribution in [3.05, 3.63) is 39.9 Å². The van der Waals surface area contributed by atoms with E-state index in [2.05, 4.69) is 0 Å². The minimum atomic E-state index is -0.597. The van der Waals surface area contributed by atoms with Crippen LogP contribution in [0.2, 0.25) is 0 Å². The van der Waals surface area contributed by atoms with Crippen molar-refractivity contribution in [1.82, 2.24) is 0 Å². The van der Waals surface area contributed by atoms with Crippen molar-refractivity contribution in [3.8, 4) is 0 Å². The summed E-state index contributed by atoms with van der Waals surface area (Å²) in [5.74, 6) is -0.597. The smallest absolute Gasteiger partial charge is 0.338 e. The van der Waals surface area contributed by atoms with E-state index >= 15 is 0 Å². The topological polar surface area (TPSA) is 78.7 Å². The summed E-state index contributed by atoms with van der Waals surface area (Å²) >= 11 is 0. The van der Waals surface area contributed by atoms with Crippen molar-refractivity contribution in [3.63, 3.8) is 0 Å². The van der Waals surface area contributed by atoms with Gasteiger partial charge in [0.2, 0.25) is 0 Å². The molecule has 0 saturated heterocycles. The van der Waals surface area contributed by atoms with Crippen LogP contribution in [0.5, 0.6) is 0 Å². The Labute approximate surface area is 91.9 Å². The fourth-order valence-electron chi connectivity index (χ4n) is 1.05. The highest BCUT2D eigenvalue weighted by atomic mass is 16.6. The molecule has 6 nitrogen and oxygen atoms in total. The molecule has 0 aliphatic carbocycles. The molecule has 0 saturated carbocycles.